The predicted molar refractivity (Wildman–Crippen MR) is 56.1 cm³/mol. The van der Waals surface area contributed by atoms with Gasteiger partial charge in [0.15, 0.2) is 0 Å². The minimum Gasteiger partial charge on any atom is -0.464 e. The van der Waals surface area contributed by atoms with Crippen LogP contribution < -0.4 is 0 Å². The largest absolute Gasteiger partial charge is 0.464 e. The number of hydrogen-bond acceptors (Lipinski definition) is 1. The first-order valence-corrected chi connectivity index (χ1v) is 5.07. The second-order valence-electron chi connectivity index (χ2n) is 3.88. The van der Waals surface area contributed by atoms with Gasteiger partial charge in [-0.3, -0.25) is 0 Å². The summed E-state index contributed by atoms with van der Waals surface area (Å²) in [6, 6.07) is 12.6. The summed E-state index contributed by atoms with van der Waals surface area (Å²) < 4.78 is 5.37. The number of hydrogen-bond donors (Lipinski definition) is 0. The third-order valence-corrected chi connectivity index (χ3v) is 2.74. The molecule has 1 aliphatic rings. The van der Waals surface area contributed by atoms with Crippen molar-refractivity contribution in [1.29, 1.82) is 0 Å². The van der Waals surface area contributed by atoms with Gasteiger partial charge in [0.1, 0.15) is 5.76 Å². The Kier molecular flexibility index (Phi) is 1.69. The average Bonchev–Trinajstić information content (AvgIpc) is 2.94. The molecular formula is C13H12O. The van der Waals surface area contributed by atoms with Crippen LogP contribution in [0.4, 0.5) is 0 Å². The molecule has 0 saturated heterocycles. The lowest BCUT2D eigenvalue weighted by molar-refractivity contribution is 0.582. The summed E-state index contributed by atoms with van der Waals surface area (Å²) in [7, 11) is 0. The highest BCUT2D eigenvalue weighted by Gasteiger charge is 2.23. The SMILES string of the molecule is c1cc(-c2ccco2)cc(C2CC2)c1. The van der Waals surface area contributed by atoms with Gasteiger partial charge in [-0.1, -0.05) is 18.2 Å². The van der Waals surface area contributed by atoms with Crippen molar-refractivity contribution in [2.45, 2.75) is 18.8 Å². The van der Waals surface area contributed by atoms with Crippen LogP contribution in [0.25, 0.3) is 11.3 Å². The van der Waals surface area contributed by atoms with Crippen LogP contribution in [0.1, 0.15) is 24.3 Å². The first-order chi connectivity index (χ1) is 6.93. The van der Waals surface area contributed by atoms with Crippen LogP contribution in [-0.4, -0.2) is 0 Å². The molecule has 0 N–H and O–H groups in total. The highest BCUT2D eigenvalue weighted by atomic mass is 16.3. The van der Waals surface area contributed by atoms with Crippen LogP contribution in [0.15, 0.2) is 47.1 Å². The van der Waals surface area contributed by atoms with Gasteiger partial charge in [-0.25, -0.2) is 0 Å². The van der Waals surface area contributed by atoms with Crippen LogP contribution in [0.3, 0.4) is 0 Å². The lowest BCUT2D eigenvalue weighted by Crippen LogP contribution is -1.80. The third-order valence-electron chi connectivity index (χ3n) is 2.74. The Morgan fingerprint density at radius 3 is 2.71 bits per heavy atom. The zero-order chi connectivity index (χ0) is 9.38. The lowest BCUT2D eigenvalue weighted by Gasteiger charge is -2.00. The van der Waals surface area contributed by atoms with Gasteiger partial charge in [-0.15, -0.1) is 0 Å². The highest BCUT2D eigenvalue weighted by Crippen LogP contribution is 2.41. The van der Waals surface area contributed by atoms with Crippen molar-refractivity contribution in [2.24, 2.45) is 0 Å². The van der Waals surface area contributed by atoms with E-state index in [4.69, 9.17) is 4.42 Å². The Morgan fingerprint density at radius 2 is 2.00 bits per heavy atom. The van der Waals surface area contributed by atoms with E-state index in [1.807, 2.05) is 12.1 Å². The molecule has 0 spiro atoms. The monoisotopic (exact) mass is 184 g/mol. The molecule has 0 atom stereocenters. The van der Waals surface area contributed by atoms with E-state index in [1.54, 1.807) is 6.26 Å². The van der Waals surface area contributed by atoms with E-state index in [0.717, 1.165) is 11.7 Å². The quantitative estimate of drug-likeness (QED) is 0.691. The molecule has 2 aromatic rings. The van der Waals surface area contributed by atoms with Gasteiger partial charge in [0.05, 0.1) is 6.26 Å². The molecule has 1 fully saturated rings. The van der Waals surface area contributed by atoms with Crippen molar-refractivity contribution in [2.75, 3.05) is 0 Å². The van der Waals surface area contributed by atoms with Crippen molar-refractivity contribution in [3.8, 4) is 11.3 Å². The summed E-state index contributed by atoms with van der Waals surface area (Å²) in [6.07, 6.45) is 4.42. The van der Waals surface area contributed by atoms with E-state index >= 15 is 0 Å². The van der Waals surface area contributed by atoms with E-state index in [-0.39, 0.29) is 0 Å². The van der Waals surface area contributed by atoms with Gasteiger partial charge >= 0.3 is 0 Å². The minimum absolute atomic E-state index is 0.810. The molecular weight excluding hydrogens is 172 g/mol. The maximum atomic E-state index is 5.37. The predicted octanol–water partition coefficient (Wildman–Crippen LogP) is 3.82. The first-order valence-electron chi connectivity index (χ1n) is 5.07. The van der Waals surface area contributed by atoms with E-state index in [2.05, 4.69) is 24.3 Å². The summed E-state index contributed by atoms with van der Waals surface area (Å²) in [5.74, 6) is 1.78. The van der Waals surface area contributed by atoms with Gasteiger partial charge in [-0.05, 0) is 42.5 Å². The fourth-order valence-corrected chi connectivity index (χ4v) is 1.81. The maximum absolute atomic E-state index is 5.37. The Morgan fingerprint density at radius 1 is 1.07 bits per heavy atom. The normalized spacial score (nSPS) is 15.7. The summed E-state index contributed by atoms with van der Waals surface area (Å²) >= 11 is 0. The Labute approximate surface area is 83.4 Å². The number of furan rings is 1. The van der Waals surface area contributed by atoms with E-state index in [0.29, 0.717) is 0 Å². The fourth-order valence-electron chi connectivity index (χ4n) is 1.81. The molecule has 1 aromatic carbocycles. The molecule has 0 unspecified atom stereocenters. The van der Waals surface area contributed by atoms with Crippen LogP contribution in [0.5, 0.6) is 0 Å². The van der Waals surface area contributed by atoms with Crippen molar-refractivity contribution < 1.29 is 4.42 Å². The zero-order valence-corrected chi connectivity index (χ0v) is 7.94. The highest BCUT2D eigenvalue weighted by molar-refractivity contribution is 5.58. The van der Waals surface area contributed by atoms with E-state index < -0.39 is 0 Å². The lowest BCUT2D eigenvalue weighted by atomic mass is 10.1. The number of rotatable bonds is 2. The minimum atomic E-state index is 0.810. The van der Waals surface area contributed by atoms with Crippen molar-refractivity contribution in [3.63, 3.8) is 0 Å². The summed E-state index contributed by atoms with van der Waals surface area (Å²) in [6.45, 7) is 0. The average molecular weight is 184 g/mol. The van der Waals surface area contributed by atoms with Crippen LogP contribution in [0.2, 0.25) is 0 Å². The Balaban J connectivity index is 2.02. The molecule has 1 nitrogen and oxygen atoms in total. The maximum Gasteiger partial charge on any atom is 0.133 e. The zero-order valence-electron chi connectivity index (χ0n) is 7.94. The fraction of sp³-hybridized carbons (Fsp3) is 0.231. The van der Waals surface area contributed by atoms with Gasteiger partial charge in [0, 0.05) is 5.56 Å². The summed E-state index contributed by atoms with van der Waals surface area (Å²) in [5.41, 5.74) is 2.65. The molecule has 1 heterocycles. The van der Waals surface area contributed by atoms with Crippen molar-refractivity contribution in [1.82, 2.24) is 0 Å². The van der Waals surface area contributed by atoms with Crippen LogP contribution >= 0.6 is 0 Å². The molecule has 1 aromatic heterocycles. The molecule has 70 valence electrons. The summed E-state index contributed by atoms with van der Waals surface area (Å²) in [5, 5.41) is 0. The molecule has 3 rings (SSSR count). The van der Waals surface area contributed by atoms with E-state index in [1.165, 1.54) is 24.0 Å². The standard InChI is InChI=1S/C13H12O/c1-3-11(10-6-7-10)9-12(4-1)13-5-2-8-14-13/h1-5,8-10H,6-7H2. The summed E-state index contributed by atoms with van der Waals surface area (Å²) in [4.78, 5) is 0. The first kappa shape index (κ1) is 7.86. The second kappa shape index (κ2) is 3.02. The molecule has 1 aliphatic carbocycles. The third kappa shape index (κ3) is 1.35. The van der Waals surface area contributed by atoms with Gasteiger partial charge in [-0.2, -0.15) is 0 Å². The Hall–Kier alpha value is -1.50. The topological polar surface area (TPSA) is 13.1 Å². The van der Waals surface area contributed by atoms with Crippen molar-refractivity contribution in [3.05, 3.63) is 48.2 Å². The molecule has 14 heavy (non-hydrogen) atoms. The van der Waals surface area contributed by atoms with Gasteiger partial charge < -0.3 is 4.42 Å². The molecule has 0 aliphatic heterocycles. The second-order valence-corrected chi connectivity index (χ2v) is 3.88. The Bertz CT molecular complexity index is 424. The number of benzene rings is 1. The van der Waals surface area contributed by atoms with E-state index in [9.17, 15) is 0 Å². The molecule has 0 radical (unpaired) electrons. The molecule has 1 saturated carbocycles. The van der Waals surface area contributed by atoms with Crippen molar-refractivity contribution >= 4 is 0 Å². The molecule has 0 amide bonds. The van der Waals surface area contributed by atoms with Gasteiger partial charge in [0.25, 0.3) is 0 Å². The van der Waals surface area contributed by atoms with Crippen LogP contribution in [0, 0.1) is 0 Å². The van der Waals surface area contributed by atoms with Gasteiger partial charge in [0.2, 0.25) is 0 Å². The smallest absolute Gasteiger partial charge is 0.133 e. The van der Waals surface area contributed by atoms with Crippen LogP contribution in [-0.2, 0) is 0 Å². The molecule has 0 bridgehead atoms. The molecule has 1 heteroatoms.